The fourth-order valence-electron chi connectivity index (χ4n) is 1.78. The van der Waals surface area contributed by atoms with Gasteiger partial charge >= 0.3 is 0 Å². The van der Waals surface area contributed by atoms with Crippen molar-refractivity contribution in [2.24, 2.45) is 0 Å². The summed E-state index contributed by atoms with van der Waals surface area (Å²) in [5.74, 6) is 1.52. The van der Waals surface area contributed by atoms with Gasteiger partial charge in [-0.05, 0) is 41.4 Å². The number of rotatable bonds is 4. The van der Waals surface area contributed by atoms with Gasteiger partial charge in [-0.1, -0.05) is 6.92 Å². The van der Waals surface area contributed by atoms with Gasteiger partial charge in [0.05, 0.1) is 14.2 Å². The molecule has 2 nitrogen and oxygen atoms in total. The van der Waals surface area contributed by atoms with E-state index in [1.54, 1.807) is 21.1 Å². The van der Waals surface area contributed by atoms with E-state index in [1.807, 2.05) is 30.3 Å². The number of hydrogen-bond acceptors (Lipinski definition) is 3. The molecule has 0 aliphatic heterocycles. The van der Waals surface area contributed by atoms with Crippen LogP contribution >= 0.6 is 11.8 Å². The lowest BCUT2D eigenvalue weighted by Crippen LogP contribution is -1.89. The second-order valence-corrected chi connectivity index (χ2v) is 4.54. The summed E-state index contributed by atoms with van der Waals surface area (Å²) >= 11 is 1.20. The van der Waals surface area contributed by atoms with Crippen LogP contribution in [0, 0.1) is 0 Å². The zero-order valence-corrected chi connectivity index (χ0v) is 10.9. The van der Waals surface area contributed by atoms with E-state index in [-0.39, 0.29) is 0 Å². The van der Waals surface area contributed by atoms with Gasteiger partial charge in [-0.15, -0.1) is 11.8 Å². The largest absolute Gasteiger partial charge is 0.497 e. The van der Waals surface area contributed by atoms with E-state index in [0.717, 1.165) is 27.2 Å². The van der Waals surface area contributed by atoms with Crippen molar-refractivity contribution in [3.8, 4) is 11.5 Å². The topological polar surface area (TPSA) is 18.5 Å². The van der Waals surface area contributed by atoms with Crippen molar-refractivity contribution in [2.75, 3.05) is 19.9 Å². The van der Waals surface area contributed by atoms with Gasteiger partial charge in [-0.2, -0.15) is 0 Å². The molecule has 0 saturated carbocycles. The molecule has 2 rings (SSSR count). The number of fused-ring (bicyclic) bond motifs is 1. The van der Waals surface area contributed by atoms with Crippen LogP contribution in [0.4, 0.5) is 0 Å². The molecule has 2 aromatic rings. The summed E-state index contributed by atoms with van der Waals surface area (Å²) in [6.45, 7) is 1.55. The molecule has 90 valence electrons. The summed E-state index contributed by atoms with van der Waals surface area (Å²) in [4.78, 5) is 0.894. The van der Waals surface area contributed by atoms with Gasteiger partial charge in [-0.3, -0.25) is 0 Å². The van der Waals surface area contributed by atoms with E-state index >= 15 is 0 Å². The molecule has 0 amide bonds. The molecule has 3 heteroatoms. The molecule has 0 bridgehead atoms. The Morgan fingerprint density at radius 1 is 1.24 bits per heavy atom. The van der Waals surface area contributed by atoms with Crippen molar-refractivity contribution in [3.63, 3.8) is 0 Å². The molecular weight excluding hydrogens is 233 g/mol. The first-order valence-corrected chi connectivity index (χ1v) is 6.10. The Balaban J connectivity index is 2.62. The first-order valence-electron chi connectivity index (χ1n) is 6.28. The van der Waals surface area contributed by atoms with E-state index in [2.05, 4.69) is 0 Å². The van der Waals surface area contributed by atoms with Gasteiger partial charge in [-0.25, -0.2) is 0 Å². The summed E-state index contributed by atoms with van der Waals surface area (Å²) in [5.41, 5.74) is -1.32. The molecule has 0 heterocycles. The minimum absolute atomic E-state index is 0.757. The maximum absolute atomic E-state index is 7.70. The highest BCUT2D eigenvalue weighted by Crippen LogP contribution is 2.35. The van der Waals surface area contributed by atoms with Gasteiger partial charge in [0.1, 0.15) is 11.5 Å². The molecule has 0 spiro atoms. The highest BCUT2D eigenvalue weighted by molar-refractivity contribution is 7.99. The van der Waals surface area contributed by atoms with Crippen molar-refractivity contribution in [2.45, 2.75) is 11.8 Å². The summed E-state index contributed by atoms with van der Waals surface area (Å²) in [6.07, 6.45) is 0. The maximum Gasteiger partial charge on any atom is 0.126 e. The predicted molar refractivity (Wildman–Crippen MR) is 73.5 cm³/mol. The van der Waals surface area contributed by atoms with Crippen molar-refractivity contribution in [1.29, 1.82) is 0 Å². The van der Waals surface area contributed by atoms with E-state index in [0.29, 0.717) is 0 Å². The fourth-order valence-corrected chi connectivity index (χ4v) is 2.42. The Labute approximate surface area is 109 Å². The first kappa shape index (κ1) is 9.66. The van der Waals surface area contributed by atoms with Crippen LogP contribution in [0.1, 0.15) is 9.67 Å². The summed E-state index contributed by atoms with van der Waals surface area (Å²) in [7, 11) is 3.25. The molecule has 17 heavy (non-hydrogen) atoms. The maximum atomic E-state index is 7.70. The third-order valence-corrected chi connectivity index (χ3v) is 3.36. The smallest absolute Gasteiger partial charge is 0.126 e. The van der Waals surface area contributed by atoms with Crippen LogP contribution in [0.2, 0.25) is 0 Å². The van der Waals surface area contributed by atoms with E-state index in [1.165, 1.54) is 11.8 Å². The Hall–Kier alpha value is -1.35. The lowest BCUT2D eigenvalue weighted by Gasteiger charge is -2.11. The Kier molecular flexibility index (Phi) is 3.02. The van der Waals surface area contributed by atoms with Crippen molar-refractivity contribution >= 4 is 22.5 Å². The molecular formula is C14H16O2S. The Bertz CT molecular complexity index is 594. The van der Waals surface area contributed by atoms with Gasteiger partial charge in [0, 0.05) is 13.0 Å². The predicted octanol–water partition coefficient (Wildman–Crippen LogP) is 3.97. The summed E-state index contributed by atoms with van der Waals surface area (Å²) < 4.78 is 26.0. The van der Waals surface area contributed by atoms with Gasteiger partial charge in [0.2, 0.25) is 0 Å². The highest BCUT2D eigenvalue weighted by atomic mass is 32.2. The van der Waals surface area contributed by atoms with Crippen molar-refractivity contribution in [1.82, 2.24) is 0 Å². The molecule has 0 aromatic heterocycles. The highest BCUT2D eigenvalue weighted by Gasteiger charge is 2.07. The first-order chi connectivity index (χ1) is 8.94. The van der Waals surface area contributed by atoms with Crippen LogP contribution < -0.4 is 9.47 Å². The minimum Gasteiger partial charge on any atom is -0.497 e. The van der Waals surface area contributed by atoms with Gasteiger partial charge in [0.15, 0.2) is 0 Å². The molecule has 0 radical (unpaired) electrons. The quantitative estimate of drug-likeness (QED) is 0.604. The Morgan fingerprint density at radius 3 is 2.71 bits per heavy atom. The standard InChI is InChI=1S/C14H16O2S/c1-4-17-14-8-7-13(16-3)12-9-10(15-2)5-6-11(12)14/h5-9H,4H2,1-3H3/i4+1DH/t4-/m1/s1. The second kappa shape index (κ2) is 5.32. The van der Waals surface area contributed by atoms with Crippen molar-refractivity contribution < 1.29 is 12.2 Å². The van der Waals surface area contributed by atoms with E-state index < -0.39 is 5.70 Å². The normalized spacial score (nSPS) is 15.9. The zero-order valence-electron chi connectivity index (χ0n) is 12.1. The minimum atomic E-state index is -1.32. The van der Waals surface area contributed by atoms with Crippen molar-refractivity contribution in [3.05, 3.63) is 30.3 Å². The molecule has 0 aliphatic carbocycles. The van der Waals surface area contributed by atoms with Crippen LogP contribution in [0.25, 0.3) is 10.8 Å². The van der Waals surface area contributed by atoms with Crippen LogP contribution in [0.15, 0.2) is 35.2 Å². The van der Waals surface area contributed by atoms with Crippen LogP contribution in [0.3, 0.4) is 0 Å². The number of ether oxygens (including phenoxy) is 2. The molecule has 1 atom stereocenters. The molecule has 0 aliphatic rings. The molecule has 0 saturated heterocycles. The van der Waals surface area contributed by atoms with Crippen LogP contribution in [0.5, 0.6) is 11.5 Å². The lowest BCUT2D eigenvalue weighted by molar-refractivity contribution is 0.412. The van der Waals surface area contributed by atoms with E-state index in [4.69, 9.17) is 12.2 Å². The molecule has 0 fully saturated rings. The third kappa shape index (κ3) is 2.34. The molecule has 2 aromatic carbocycles. The summed E-state index contributed by atoms with van der Waals surface area (Å²) in [6, 6.07) is 9.46. The Morgan fingerprint density at radius 2 is 2.06 bits per heavy atom. The zero-order chi connectivity index (χ0) is 14.0. The molecule has 0 N–H and O–H groups in total. The SMILES string of the molecule is [1H][13C@@]([2H])(C)Sc1ccc(OC)c2cc(OC)ccc12. The average molecular weight is 250 g/mol. The molecule has 0 unspecified atom stereocenters. The van der Waals surface area contributed by atoms with Crippen LogP contribution in [-0.2, 0) is 0 Å². The average Bonchev–Trinajstić information content (AvgIpc) is 2.36. The number of thioether (sulfide) groups is 1. The van der Waals surface area contributed by atoms with E-state index in [9.17, 15) is 0 Å². The number of hydrogen-bond donors (Lipinski definition) is 0. The number of methoxy groups -OCH3 is 2. The van der Waals surface area contributed by atoms with Gasteiger partial charge < -0.3 is 9.47 Å². The second-order valence-electron chi connectivity index (χ2n) is 3.48. The lowest BCUT2D eigenvalue weighted by atomic mass is 10.1. The monoisotopic (exact) mass is 250 g/mol. The van der Waals surface area contributed by atoms with Crippen LogP contribution in [-0.4, -0.2) is 19.9 Å². The summed E-state index contributed by atoms with van der Waals surface area (Å²) in [5, 5.41) is 1.90. The number of benzene rings is 2. The fraction of sp³-hybridized carbons (Fsp3) is 0.286. The van der Waals surface area contributed by atoms with Gasteiger partial charge in [0.25, 0.3) is 0 Å². The third-order valence-electron chi connectivity index (χ3n) is 2.58.